The third kappa shape index (κ3) is 4.26. The molecule has 6 heteroatoms. The number of rotatable bonds is 3. The Bertz CT molecular complexity index is 519. The van der Waals surface area contributed by atoms with Crippen LogP contribution in [0.4, 0.5) is 4.79 Å². The number of phenolic OH excluding ortho intramolecular Hbond substituents is 2. The van der Waals surface area contributed by atoms with Crippen molar-refractivity contribution in [3.05, 3.63) is 23.8 Å². The lowest BCUT2D eigenvalue weighted by Crippen LogP contribution is -2.60. The number of ether oxygens (including phenoxy) is 1. The number of amides is 1. The van der Waals surface area contributed by atoms with Crippen LogP contribution in [0.5, 0.6) is 11.5 Å². The Hall–Kier alpha value is -1.95. The number of hydrogen-bond acceptors (Lipinski definition) is 5. The second-order valence-electron chi connectivity index (χ2n) is 6.28. The summed E-state index contributed by atoms with van der Waals surface area (Å²) in [5.41, 5.74) is 0.233. The van der Waals surface area contributed by atoms with Crippen LogP contribution < -0.4 is 5.32 Å². The molecule has 116 valence electrons. The number of nitrogens with zero attached hydrogens (tertiary/aromatic N) is 1. The highest BCUT2D eigenvalue weighted by atomic mass is 16.6. The molecule has 0 atom stereocenters. The number of nitrogens with one attached hydrogen (secondary N) is 1. The third-order valence-corrected chi connectivity index (χ3v) is 3.18. The molecule has 0 bridgehead atoms. The lowest BCUT2D eigenvalue weighted by Gasteiger charge is -2.40. The predicted octanol–water partition coefficient (Wildman–Crippen LogP) is 1.81. The van der Waals surface area contributed by atoms with E-state index in [0.717, 1.165) is 0 Å². The summed E-state index contributed by atoms with van der Waals surface area (Å²) < 4.78 is 5.28. The molecule has 0 aromatic heterocycles. The Kier molecular flexibility index (Phi) is 4.27. The van der Waals surface area contributed by atoms with E-state index < -0.39 is 5.60 Å². The minimum atomic E-state index is -0.479. The second-order valence-corrected chi connectivity index (χ2v) is 6.28. The van der Waals surface area contributed by atoms with E-state index in [1.54, 1.807) is 11.0 Å². The summed E-state index contributed by atoms with van der Waals surface area (Å²) in [5, 5.41) is 22.2. The molecule has 1 aliphatic rings. The number of aromatic hydroxyl groups is 2. The highest BCUT2D eigenvalue weighted by molar-refractivity contribution is 5.69. The van der Waals surface area contributed by atoms with Gasteiger partial charge in [0.1, 0.15) is 17.1 Å². The maximum atomic E-state index is 11.8. The summed E-state index contributed by atoms with van der Waals surface area (Å²) >= 11 is 0. The fraction of sp³-hybridized carbons (Fsp3) is 0.533. The van der Waals surface area contributed by atoms with Crippen molar-refractivity contribution in [3.63, 3.8) is 0 Å². The number of carbonyl (C=O) groups is 1. The molecule has 1 heterocycles. The molecule has 1 amide bonds. The average Bonchev–Trinajstić information content (AvgIpc) is 2.27. The first kappa shape index (κ1) is 15.4. The molecule has 1 saturated heterocycles. The molecule has 6 nitrogen and oxygen atoms in total. The number of carbonyl (C=O) groups excluding carboxylic acids is 1. The van der Waals surface area contributed by atoms with Crippen molar-refractivity contribution in [3.8, 4) is 11.5 Å². The zero-order chi connectivity index (χ0) is 15.6. The van der Waals surface area contributed by atoms with Gasteiger partial charge in [0.05, 0.1) is 0 Å². The van der Waals surface area contributed by atoms with E-state index in [-0.39, 0.29) is 23.6 Å². The molecule has 0 radical (unpaired) electrons. The SMILES string of the molecule is CC(C)(C)OC(=O)N1CC(NCc2ccc(O)cc2O)C1. The van der Waals surface area contributed by atoms with Crippen LogP contribution in [0, 0.1) is 0 Å². The zero-order valence-electron chi connectivity index (χ0n) is 12.6. The van der Waals surface area contributed by atoms with Crippen molar-refractivity contribution < 1.29 is 19.7 Å². The lowest BCUT2D eigenvalue weighted by atomic mass is 10.1. The van der Waals surface area contributed by atoms with Gasteiger partial charge in [0.15, 0.2) is 0 Å². The molecule has 1 fully saturated rings. The fourth-order valence-electron chi connectivity index (χ4n) is 2.04. The van der Waals surface area contributed by atoms with Gasteiger partial charge in [-0.2, -0.15) is 0 Å². The Labute approximate surface area is 124 Å². The minimum Gasteiger partial charge on any atom is -0.508 e. The van der Waals surface area contributed by atoms with Crippen LogP contribution >= 0.6 is 0 Å². The molecule has 1 aromatic carbocycles. The van der Waals surface area contributed by atoms with Crippen LogP contribution in [0.3, 0.4) is 0 Å². The molecule has 1 aromatic rings. The maximum absolute atomic E-state index is 11.8. The van der Waals surface area contributed by atoms with Crippen molar-refractivity contribution in [2.75, 3.05) is 13.1 Å². The van der Waals surface area contributed by atoms with E-state index >= 15 is 0 Å². The van der Waals surface area contributed by atoms with E-state index in [2.05, 4.69) is 5.32 Å². The summed E-state index contributed by atoms with van der Waals surface area (Å²) in [6.45, 7) is 7.19. The number of hydrogen-bond donors (Lipinski definition) is 3. The summed E-state index contributed by atoms with van der Waals surface area (Å²) in [7, 11) is 0. The first-order valence-corrected chi connectivity index (χ1v) is 6.97. The standard InChI is InChI=1S/C15H22N2O4/c1-15(2,3)21-14(20)17-8-11(9-17)16-7-10-4-5-12(18)6-13(10)19/h4-6,11,16,18-19H,7-9H2,1-3H3. The van der Waals surface area contributed by atoms with Crippen molar-refractivity contribution in [1.82, 2.24) is 10.2 Å². The van der Waals surface area contributed by atoms with Gasteiger partial charge in [-0.05, 0) is 26.8 Å². The van der Waals surface area contributed by atoms with Gasteiger partial charge in [0.25, 0.3) is 0 Å². The minimum absolute atomic E-state index is 0.0380. The molecular formula is C15H22N2O4. The van der Waals surface area contributed by atoms with Gasteiger partial charge in [0.2, 0.25) is 0 Å². The monoisotopic (exact) mass is 294 g/mol. The number of benzene rings is 1. The molecule has 0 aliphatic carbocycles. The van der Waals surface area contributed by atoms with Crippen LogP contribution in [-0.2, 0) is 11.3 Å². The Morgan fingerprint density at radius 2 is 2.05 bits per heavy atom. The zero-order valence-corrected chi connectivity index (χ0v) is 12.6. The van der Waals surface area contributed by atoms with Crippen molar-refractivity contribution in [2.45, 2.75) is 39.0 Å². The van der Waals surface area contributed by atoms with E-state index in [4.69, 9.17) is 4.74 Å². The molecular weight excluding hydrogens is 272 g/mol. The van der Waals surface area contributed by atoms with Gasteiger partial charge in [-0.25, -0.2) is 4.79 Å². The van der Waals surface area contributed by atoms with Crippen molar-refractivity contribution in [1.29, 1.82) is 0 Å². The molecule has 2 rings (SSSR count). The molecule has 0 unspecified atom stereocenters. The van der Waals surface area contributed by atoms with Crippen LogP contribution in [0.25, 0.3) is 0 Å². The summed E-state index contributed by atoms with van der Waals surface area (Å²) in [6, 6.07) is 4.70. The average molecular weight is 294 g/mol. The van der Waals surface area contributed by atoms with E-state index in [0.29, 0.717) is 25.2 Å². The lowest BCUT2D eigenvalue weighted by molar-refractivity contribution is 0.00516. The topological polar surface area (TPSA) is 82.0 Å². The summed E-state index contributed by atoms with van der Waals surface area (Å²) in [6.07, 6.45) is -0.298. The highest BCUT2D eigenvalue weighted by Gasteiger charge is 2.33. The van der Waals surface area contributed by atoms with E-state index in [9.17, 15) is 15.0 Å². The van der Waals surface area contributed by atoms with Crippen molar-refractivity contribution >= 4 is 6.09 Å². The Morgan fingerprint density at radius 1 is 1.38 bits per heavy atom. The van der Waals surface area contributed by atoms with E-state index in [1.165, 1.54) is 12.1 Å². The van der Waals surface area contributed by atoms with Gasteiger partial charge in [0, 0.05) is 37.3 Å². The quantitative estimate of drug-likeness (QED) is 0.792. The normalized spacial score (nSPS) is 15.7. The van der Waals surface area contributed by atoms with Crippen LogP contribution in [0.1, 0.15) is 26.3 Å². The highest BCUT2D eigenvalue weighted by Crippen LogP contribution is 2.23. The third-order valence-electron chi connectivity index (χ3n) is 3.18. The first-order valence-electron chi connectivity index (χ1n) is 6.97. The smallest absolute Gasteiger partial charge is 0.410 e. The number of likely N-dealkylation sites (tertiary alicyclic amines) is 1. The largest absolute Gasteiger partial charge is 0.508 e. The van der Waals surface area contributed by atoms with E-state index in [1.807, 2.05) is 20.8 Å². The van der Waals surface area contributed by atoms with Crippen molar-refractivity contribution in [2.24, 2.45) is 0 Å². The number of phenols is 2. The second kappa shape index (κ2) is 5.81. The fourth-order valence-corrected chi connectivity index (χ4v) is 2.04. The molecule has 0 saturated carbocycles. The van der Waals surface area contributed by atoms with Gasteiger partial charge in [-0.15, -0.1) is 0 Å². The predicted molar refractivity (Wildman–Crippen MR) is 78.2 cm³/mol. The van der Waals surface area contributed by atoms with Crippen LogP contribution in [-0.4, -0.2) is 45.9 Å². The van der Waals surface area contributed by atoms with Gasteiger partial charge < -0.3 is 25.2 Å². The van der Waals surface area contributed by atoms with Crippen LogP contribution in [0.15, 0.2) is 18.2 Å². The molecule has 1 aliphatic heterocycles. The van der Waals surface area contributed by atoms with Gasteiger partial charge in [-0.1, -0.05) is 6.07 Å². The molecule has 0 spiro atoms. The molecule has 3 N–H and O–H groups in total. The van der Waals surface area contributed by atoms with Crippen LogP contribution in [0.2, 0.25) is 0 Å². The Morgan fingerprint density at radius 3 is 2.62 bits per heavy atom. The first-order chi connectivity index (χ1) is 9.74. The van der Waals surface area contributed by atoms with Gasteiger partial charge in [-0.3, -0.25) is 0 Å². The summed E-state index contributed by atoms with van der Waals surface area (Å²) in [4.78, 5) is 13.4. The van der Waals surface area contributed by atoms with Gasteiger partial charge >= 0.3 is 6.09 Å². The molecule has 21 heavy (non-hydrogen) atoms. The maximum Gasteiger partial charge on any atom is 0.410 e. The Balaban J connectivity index is 1.75. The summed E-state index contributed by atoms with van der Waals surface area (Å²) in [5.74, 6) is 0.0989.